The molecule has 24 heavy (non-hydrogen) atoms. The van der Waals surface area contributed by atoms with E-state index in [1.165, 1.54) is 19.2 Å². The molecule has 0 radical (unpaired) electrons. The van der Waals surface area contributed by atoms with Crippen LogP contribution in [0, 0.1) is 10.1 Å². The number of nitrogens with two attached hydrogens (primary N) is 1. The van der Waals surface area contributed by atoms with Crippen molar-refractivity contribution in [2.45, 2.75) is 17.4 Å². The maximum atomic E-state index is 12.1. The van der Waals surface area contributed by atoms with E-state index in [-0.39, 0.29) is 22.6 Å². The Morgan fingerprint density at radius 3 is 2.42 bits per heavy atom. The molecule has 0 unspecified atom stereocenters. The van der Waals surface area contributed by atoms with Gasteiger partial charge in [-0.1, -0.05) is 23.7 Å². The third kappa shape index (κ3) is 4.09. The fourth-order valence-electron chi connectivity index (χ4n) is 2.28. The summed E-state index contributed by atoms with van der Waals surface area (Å²) in [5.74, 6) is 0. The van der Waals surface area contributed by atoms with Crippen molar-refractivity contribution in [2.75, 3.05) is 7.05 Å². The first kappa shape index (κ1) is 18.3. The van der Waals surface area contributed by atoms with Crippen molar-refractivity contribution in [3.8, 4) is 0 Å². The summed E-state index contributed by atoms with van der Waals surface area (Å²) in [6, 6.07) is 9.89. The van der Waals surface area contributed by atoms with Gasteiger partial charge >= 0.3 is 0 Å². The molecule has 128 valence electrons. The highest BCUT2D eigenvalue weighted by molar-refractivity contribution is 7.89. The predicted molar refractivity (Wildman–Crippen MR) is 91.4 cm³/mol. The molecular weight excluding hydrogens is 354 g/mol. The van der Waals surface area contributed by atoms with Crippen molar-refractivity contribution in [3.63, 3.8) is 0 Å². The van der Waals surface area contributed by atoms with Crippen LogP contribution in [0.15, 0.2) is 47.4 Å². The number of benzene rings is 2. The topological polar surface area (TPSA) is 115 Å². The van der Waals surface area contributed by atoms with Gasteiger partial charge in [0.05, 0.1) is 9.82 Å². The summed E-state index contributed by atoms with van der Waals surface area (Å²) in [6.07, 6.45) is 0.125. The quantitative estimate of drug-likeness (QED) is 0.599. The van der Waals surface area contributed by atoms with Gasteiger partial charge in [0.1, 0.15) is 0 Å². The Hall–Kier alpha value is -2.00. The van der Waals surface area contributed by atoms with E-state index < -0.39 is 21.0 Å². The molecule has 2 rings (SSSR count). The van der Waals surface area contributed by atoms with Gasteiger partial charge in [-0.25, -0.2) is 13.1 Å². The Balaban J connectivity index is 2.44. The number of non-ortho nitro benzene ring substituents is 1. The van der Waals surface area contributed by atoms with Crippen LogP contribution in [0.1, 0.15) is 17.2 Å². The summed E-state index contributed by atoms with van der Waals surface area (Å²) in [5.41, 5.74) is 6.96. The van der Waals surface area contributed by atoms with Gasteiger partial charge < -0.3 is 5.73 Å². The van der Waals surface area contributed by atoms with E-state index in [2.05, 4.69) is 4.72 Å². The third-order valence-electron chi connectivity index (χ3n) is 3.55. The Morgan fingerprint density at radius 2 is 1.88 bits per heavy atom. The first-order valence-corrected chi connectivity index (χ1v) is 8.82. The number of hydrogen-bond donors (Lipinski definition) is 2. The van der Waals surface area contributed by atoms with Crippen molar-refractivity contribution < 1.29 is 13.3 Å². The minimum absolute atomic E-state index is 0.0278. The minimum Gasteiger partial charge on any atom is -0.324 e. The summed E-state index contributed by atoms with van der Waals surface area (Å²) < 4.78 is 26.5. The Kier molecular flexibility index (Phi) is 5.55. The highest BCUT2D eigenvalue weighted by atomic mass is 35.5. The molecule has 1 atom stereocenters. The molecule has 0 bridgehead atoms. The second-order valence-corrected chi connectivity index (χ2v) is 7.41. The van der Waals surface area contributed by atoms with Gasteiger partial charge in [0.25, 0.3) is 5.69 Å². The summed E-state index contributed by atoms with van der Waals surface area (Å²) in [5, 5.41) is 11.5. The normalized spacial score (nSPS) is 12.8. The molecule has 0 aromatic heterocycles. The molecule has 9 heteroatoms. The summed E-state index contributed by atoms with van der Waals surface area (Å²) in [7, 11) is -2.48. The number of hydrogen-bond acceptors (Lipinski definition) is 5. The van der Waals surface area contributed by atoms with Gasteiger partial charge in [-0.15, -0.1) is 0 Å². The van der Waals surface area contributed by atoms with Gasteiger partial charge in [0.15, 0.2) is 0 Å². The van der Waals surface area contributed by atoms with Crippen molar-refractivity contribution >= 4 is 27.3 Å². The zero-order valence-corrected chi connectivity index (χ0v) is 14.3. The largest absolute Gasteiger partial charge is 0.324 e. The highest BCUT2D eigenvalue weighted by Gasteiger charge is 2.21. The SMILES string of the molecule is CNS(=O)(=O)c1ccc([N+](=O)[O-])cc1C[C@H](N)c1ccc(Cl)cc1. The molecule has 0 heterocycles. The van der Waals surface area contributed by atoms with Crippen LogP contribution < -0.4 is 10.5 Å². The monoisotopic (exact) mass is 369 g/mol. The third-order valence-corrected chi connectivity index (χ3v) is 5.32. The molecule has 0 spiro atoms. The molecule has 0 aliphatic rings. The van der Waals surface area contributed by atoms with E-state index in [0.717, 1.165) is 11.6 Å². The van der Waals surface area contributed by atoms with Crippen molar-refractivity contribution in [3.05, 3.63) is 68.7 Å². The van der Waals surface area contributed by atoms with Crippen LogP contribution >= 0.6 is 11.6 Å². The molecule has 0 aliphatic carbocycles. The van der Waals surface area contributed by atoms with Gasteiger partial charge in [-0.2, -0.15) is 0 Å². The number of rotatable bonds is 6. The van der Waals surface area contributed by atoms with Gasteiger partial charge in [-0.05, 0) is 42.8 Å². The molecule has 2 aromatic rings. The smallest absolute Gasteiger partial charge is 0.269 e. The molecule has 7 nitrogen and oxygen atoms in total. The summed E-state index contributed by atoms with van der Waals surface area (Å²) >= 11 is 5.83. The van der Waals surface area contributed by atoms with Crippen LogP contribution in [0.2, 0.25) is 5.02 Å². The van der Waals surface area contributed by atoms with Gasteiger partial charge in [0, 0.05) is 23.2 Å². The number of nitrogens with zero attached hydrogens (tertiary/aromatic N) is 1. The number of nitrogens with one attached hydrogen (secondary N) is 1. The van der Waals surface area contributed by atoms with E-state index in [1.807, 2.05) is 0 Å². The summed E-state index contributed by atoms with van der Waals surface area (Å²) in [4.78, 5) is 10.4. The maximum Gasteiger partial charge on any atom is 0.269 e. The standard InChI is InChI=1S/C15H16ClN3O4S/c1-18-24(22,23)15-7-6-13(19(20)21)8-11(15)9-14(17)10-2-4-12(16)5-3-10/h2-8,14,18H,9,17H2,1H3/t14-/m0/s1. The van der Waals surface area contributed by atoms with Crippen LogP contribution in [-0.2, 0) is 16.4 Å². The molecule has 0 aliphatic heterocycles. The maximum absolute atomic E-state index is 12.1. The molecular formula is C15H16ClN3O4S. The molecule has 0 amide bonds. The van der Waals surface area contributed by atoms with Crippen LogP contribution in [0.4, 0.5) is 5.69 Å². The molecule has 2 aromatic carbocycles. The number of nitro groups is 1. The lowest BCUT2D eigenvalue weighted by Crippen LogP contribution is -2.22. The van der Waals surface area contributed by atoms with Crippen LogP contribution in [0.5, 0.6) is 0 Å². The van der Waals surface area contributed by atoms with E-state index >= 15 is 0 Å². The average Bonchev–Trinajstić information content (AvgIpc) is 2.55. The fourth-order valence-corrected chi connectivity index (χ4v) is 3.36. The van der Waals surface area contributed by atoms with Crippen molar-refractivity contribution in [1.29, 1.82) is 0 Å². The molecule has 3 N–H and O–H groups in total. The summed E-state index contributed by atoms with van der Waals surface area (Å²) in [6.45, 7) is 0. The van der Waals surface area contributed by atoms with E-state index in [4.69, 9.17) is 17.3 Å². The van der Waals surface area contributed by atoms with E-state index in [0.29, 0.717) is 5.02 Å². The van der Waals surface area contributed by atoms with Crippen LogP contribution in [0.3, 0.4) is 0 Å². The molecule has 0 fully saturated rings. The van der Waals surface area contributed by atoms with Gasteiger partial charge in [-0.3, -0.25) is 10.1 Å². The zero-order chi connectivity index (χ0) is 17.9. The first-order valence-electron chi connectivity index (χ1n) is 6.96. The highest BCUT2D eigenvalue weighted by Crippen LogP contribution is 2.26. The minimum atomic E-state index is -3.76. The zero-order valence-electron chi connectivity index (χ0n) is 12.8. The van der Waals surface area contributed by atoms with Crippen molar-refractivity contribution in [1.82, 2.24) is 4.72 Å². The lowest BCUT2D eigenvalue weighted by molar-refractivity contribution is -0.385. The van der Waals surface area contributed by atoms with E-state index in [9.17, 15) is 18.5 Å². The second-order valence-electron chi connectivity index (χ2n) is 5.12. The first-order chi connectivity index (χ1) is 11.2. The van der Waals surface area contributed by atoms with Crippen LogP contribution in [-0.4, -0.2) is 20.4 Å². The lowest BCUT2D eigenvalue weighted by atomic mass is 9.99. The molecule has 0 saturated carbocycles. The van der Waals surface area contributed by atoms with Crippen LogP contribution in [0.25, 0.3) is 0 Å². The average molecular weight is 370 g/mol. The number of halogens is 1. The fraction of sp³-hybridized carbons (Fsp3) is 0.200. The predicted octanol–water partition coefficient (Wildman–Crippen LogP) is 2.40. The number of nitro benzene ring substituents is 1. The second kappa shape index (κ2) is 7.27. The van der Waals surface area contributed by atoms with Crippen molar-refractivity contribution in [2.24, 2.45) is 5.73 Å². The van der Waals surface area contributed by atoms with E-state index in [1.54, 1.807) is 24.3 Å². The lowest BCUT2D eigenvalue weighted by Gasteiger charge is -2.15. The van der Waals surface area contributed by atoms with Gasteiger partial charge in [0.2, 0.25) is 10.0 Å². The number of sulfonamides is 1. The molecule has 0 saturated heterocycles. The Bertz CT molecular complexity index is 854. The Morgan fingerprint density at radius 1 is 1.25 bits per heavy atom. The Labute approximate surface area is 144 Å².